The summed E-state index contributed by atoms with van der Waals surface area (Å²) in [5.74, 6) is 1.56. The summed E-state index contributed by atoms with van der Waals surface area (Å²) in [7, 11) is 3.17. The molecule has 0 atom stereocenters. The van der Waals surface area contributed by atoms with Gasteiger partial charge in [0.2, 0.25) is 5.95 Å². The Hall–Kier alpha value is -4.40. The maximum absolute atomic E-state index is 13.6. The van der Waals surface area contributed by atoms with Gasteiger partial charge in [0, 0.05) is 18.4 Å². The van der Waals surface area contributed by atoms with Gasteiger partial charge in [-0.15, -0.1) is 0 Å². The molecule has 0 unspecified atom stereocenters. The summed E-state index contributed by atoms with van der Waals surface area (Å²) in [6.45, 7) is 4.59. The van der Waals surface area contributed by atoms with Crippen LogP contribution in [-0.2, 0) is 19.6 Å². The minimum absolute atomic E-state index is 0.0751. The molecule has 0 spiro atoms. The molecule has 2 aromatic carbocycles. The molecule has 4 rings (SSSR count). The van der Waals surface area contributed by atoms with E-state index in [0.717, 1.165) is 32.5 Å². The number of pyridine rings is 1. The Bertz CT molecular complexity index is 1480. The largest absolute Gasteiger partial charge is 0.497 e. The van der Waals surface area contributed by atoms with E-state index < -0.39 is 11.4 Å². The third-order valence-corrected chi connectivity index (χ3v) is 5.92. The highest BCUT2D eigenvalue weighted by Crippen LogP contribution is 2.15. The van der Waals surface area contributed by atoms with E-state index in [1.54, 1.807) is 32.5 Å². The molecular formula is C27H29N5O4. The number of benzene rings is 2. The van der Waals surface area contributed by atoms with Gasteiger partial charge in [-0.3, -0.25) is 9.55 Å². The van der Waals surface area contributed by atoms with E-state index in [4.69, 9.17) is 9.47 Å². The van der Waals surface area contributed by atoms with Gasteiger partial charge in [0.05, 0.1) is 27.3 Å². The van der Waals surface area contributed by atoms with Crippen LogP contribution in [0.1, 0.15) is 27.9 Å². The second-order valence-electron chi connectivity index (χ2n) is 8.48. The van der Waals surface area contributed by atoms with E-state index >= 15 is 0 Å². The van der Waals surface area contributed by atoms with Crippen LogP contribution in [0, 0.1) is 13.8 Å². The summed E-state index contributed by atoms with van der Waals surface area (Å²) < 4.78 is 13.1. The van der Waals surface area contributed by atoms with Crippen LogP contribution in [0.4, 0.5) is 5.95 Å². The highest BCUT2D eigenvalue weighted by Gasteiger charge is 2.15. The fraction of sp³-hybridized carbons (Fsp3) is 0.259. The van der Waals surface area contributed by atoms with Gasteiger partial charge in [0.25, 0.3) is 0 Å². The van der Waals surface area contributed by atoms with Crippen molar-refractivity contribution < 1.29 is 9.47 Å². The average molecular weight is 488 g/mol. The summed E-state index contributed by atoms with van der Waals surface area (Å²) in [6.07, 6.45) is 1.79. The highest BCUT2D eigenvalue weighted by atomic mass is 16.5. The van der Waals surface area contributed by atoms with E-state index in [9.17, 15) is 9.59 Å². The van der Waals surface area contributed by atoms with Crippen LogP contribution in [0.5, 0.6) is 11.5 Å². The van der Waals surface area contributed by atoms with E-state index in [-0.39, 0.29) is 19.0 Å². The summed E-state index contributed by atoms with van der Waals surface area (Å²) in [6, 6.07) is 16.6. The second kappa shape index (κ2) is 10.9. The lowest BCUT2D eigenvalue weighted by Crippen LogP contribution is -2.43. The molecule has 0 fully saturated rings. The fourth-order valence-electron chi connectivity index (χ4n) is 3.89. The molecule has 2 heterocycles. The molecule has 36 heavy (non-hydrogen) atoms. The number of methoxy groups -OCH3 is 2. The third-order valence-electron chi connectivity index (χ3n) is 5.92. The van der Waals surface area contributed by atoms with Crippen molar-refractivity contribution >= 4 is 5.95 Å². The molecule has 0 amide bonds. The van der Waals surface area contributed by atoms with Crippen molar-refractivity contribution in [3.8, 4) is 11.5 Å². The number of ether oxygens (including phenoxy) is 2. The lowest BCUT2D eigenvalue weighted by atomic mass is 10.1. The second-order valence-corrected chi connectivity index (χ2v) is 8.48. The summed E-state index contributed by atoms with van der Waals surface area (Å²) in [5.41, 5.74) is 3.46. The molecule has 9 nitrogen and oxygen atoms in total. The van der Waals surface area contributed by atoms with Crippen molar-refractivity contribution in [2.75, 3.05) is 19.5 Å². The Kier molecular flexibility index (Phi) is 7.48. The normalized spacial score (nSPS) is 10.8. The molecule has 0 saturated heterocycles. The van der Waals surface area contributed by atoms with Crippen molar-refractivity contribution in [3.05, 3.63) is 110 Å². The minimum atomic E-state index is -0.630. The van der Waals surface area contributed by atoms with Crippen LogP contribution in [-0.4, -0.2) is 33.3 Å². The Morgan fingerprint density at radius 1 is 0.861 bits per heavy atom. The highest BCUT2D eigenvalue weighted by molar-refractivity contribution is 5.34. The minimum Gasteiger partial charge on any atom is -0.497 e. The number of anilines is 1. The first-order chi connectivity index (χ1) is 17.4. The summed E-state index contributed by atoms with van der Waals surface area (Å²) in [5, 5.41) is 3.18. The summed E-state index contributed by atoms with van der Waals surface area (Å²) >= 11 is 0. The lowest BCUT2D eigenvalue weighted by Gasteiger charge is -2.16. The number of rotatable bonds is 9. The first-order valence-electron chi connectivity index (χ1n) is 11.5. The predicted molar refractivity (Wildman–Crippen MR) is 138 cm³/mol. The molecule has 0 aliphatic carbocycles. The van der Waals surface area contributed by atoms with Gasteiger partial charge in [0.15, 0.2) is 0 Å². The number of hydrogen-bond donors (Lipinski definition) is 1. The monoisotopic (exact) mass is 487 g/mol. The molecule has 0 radical (unpaired) electrons. The van der Waals surface area contributed by atoms with Crippen LogP contribution in [0.3, 0.4) is 0 Å². The van der Waals surface area contributed by atoms with Crippen LogP contribution < -0.4 is 26.2 Å². The van der Waals surface area contributed by atoms with Gasteiger partial charge in [-0.25, -0.2) is 14.2 Å². The fourth-order valence-corrected chi connectivity index (χ4v) is 3.89. The Morgan fingerprint density at radius 3 is 2.28 bits per heavy atom. The molecule has 9 heteroatoms. The molecule has 0 bridgehead atoms. The van der Waals surface area contributed by atoms with Crippen LogP contribution in [0.25, 0.3) is 0 Å². The van der Waals surface area contributed by atoms with Gasteiger partial charge < -0.3 is 14.8 Å². The number of nitrogens with one attached hydrogen (secondary N) is 1. The topological polar surface area (TPSA) is 100 Å². The molecule has 1 N–H and O–H groups in total. The van der Waals surface area contributed by atoms with E-state index in [2.05, 4.69) is 15.3 Å². The third kappa shape index (κ3) is 5.63. The molecule has 4 aromatic rings. The zero-order chi connectivity index (χ0) is 25.7. The molecular weight excluding hydrogens is 458 g/mol. The maximum Gasteiger partial charge on any atom is 0.355 e. The number of aryl methyl sites for hydroxylation is 2. The Labute approximate surface area is 209 Å². The van der Waals surface area contributed by atoms with Crippen LogP contribution >= 0.6 is 0 Å². The molecule has 0 aliphatic heterocycles. The smallest absolute Gasteiger partial charge is 0.355 e. The zero-order valence-corrected chi connectivity index (χ0v) is 20.8. The van der Waals surface area contributed by atoms with Crippen molar-refractivity contribution in [1.82, 2.24) is 19.1 Å². The molecule has 0 aliphatic rings. The van der Waals surface area contributed by atoms with Crippen molar-refractivity contribution in [2.45, 2.75) is 33.5 Å². The SMILES string of the molecule is COc1ccc(Cn2c(NCc3cnc(C)cc3C)nc(=O)n(Cc3cccc(OC)c3)c2=O)cc1. The van der Waals surface area contributed by atoms with Crippen LogP contribution in [0.2, 0.25) is 0 Å². The van der Waals surface area contributed by atoms with E-state index in [1.807, 2.05) is 56.3 Å². The Balaban J connectivity index is 1.72. The first kappa shape index (κ1) is 24.7. The van der Waals surface area contributed by atoms with Gasteiger partial charge in [-0.2, -0.15) is 4.98 Å². The number of nitrogens with zero attached hydrogens (tertiary/aromatic N) is 4. The van der Waals surface area contributed by atoms with Crippen LogP contribution in [0.15, 0.2) is 70.4 Å². The van der Waals surface area contributed by atoms with Gasteiger partial charge >= 0.3 is 11.4 Å². The van der Waals surface area contributed by atoms with Gasteiger partial charge in [-0.05, 0) is 66.4 Å². The summed E-state index contributed by atoms with van der Waals surface area (Å²) in [4.78, 5) is 35.2. The van der Waals surface area contributed by atoms with E-state index in [1.165, 1.54) is 4.57 Å². The lowest BCUT2D eigenvalue weighted by molar-refractivity contribution is 0.414. The van der Waals surface area contributed by atoms with Crippen molar-refractivity contribution in [2.24, 2.45) is 0 Å². The van der Waals surface area contributed by atoms with Gasteiger partial charge in [-0.1, -0.05) is 24.3 Å². The Morgan fingerprint density at radius 2 is 1.58 bits per heavy atom. The quantitative estimate of drug-likeness (QED) is 0.387. The predicted octanol–water partition coefficient (Wildman–Crippen LogP) is 3.14. The average Bonchev–Trinajstić information content (AvgIpc) is 2.88. The standard InChI is InChI=1S/C27H29N5O4/c1-18-12-19(2)28-14-22(18)15-29-25-30-26(33)32(17-21-6-5-7-24(13-21)36-4)27(34)31(25)16-20-8-10-23(35-3)11-9-20/h5-14H,15-17H2,1-4H3,(H,29,30,33). The van der Waals surface area contributed by atoms with Gasteiger partial charge in [0.1, 0.15) is 11.5 Å². The number of aromatic nitrogens is 4. The molecule has 2 aromatic heterocycles. The van der Waals surface area contributed by atoms with Crippen molar-refractivity contribution in [1.29, 1.82) is 0 Å². The first-order valence-corrected chi connectivity index (χ1v) is 11.5. The molecule has 0 saturated carbocycles. The number of hydrogen-bond acceptors (Lipinski definition) is 7. The maximum atomic E-state index is 13.6. The van der Waals surface area contributed by atoms with Crippen molar-refractivity contribution in [3.63, 3.8) is 0 Å². The zero-order valence-electron chi connectivity index (χ0n) is 20.8. The van der Waals surface area contributed by atoms with E-state index in [0.29, 0.717) is 18.0 Å². The molecule has 186 valence electrons.